The van der Waals surface area contributed by atoms with Crippen LogP contribution in [-0.4, -0.2) is 22.0 Å². The maximum absolute atomic E-state index is 13.1. The molecule has 2 aromatic rings. The molecule has 1 aromatic heterocycles. The van der Waals surface area contributed by atoms with Gasteiger partial charge in [-0.15, -0.1) is 0 Å². The standard InChI is InChI=1S/C14H13ClF4N4O/c1-7-12(8(2)23(22-7)6-14(17,18)19)21-13(24)20-9-3-4-11(16)10(15)5-9/h3-5H,6H2,1-2H3,(H2,20,21,24). The summed E-state index contributed by atoms with van der Waals surface area (Å²) < 4.78 is 51.3. The molecule has 24 heavy (non-hydrogen) atoms. The number of hydrogen-bond donors (Lipinski definition) is 2. The molecular weight excluding hydrogens is 352 g/mol. The van der Waals surface area contributed by atoms with Crippen molar-refractivity contribution in [1.29, 1.82) is 0 Å². The van der Waals surface area contributed by atoms with Crippen molar-refractivity contribution < 1.29 is 22.4 Å². The number of urea groups is 1. The molecule has 0 atom stereocenters. The summed E-state index contributed by atoms with van der Waals surface area (Å²) in [5.74, 6) is -0.636. The minimum atomic E-state index is -4.42. The zero-order chi connectivity index (χ0) is 18.1. The van der Waals surface area contributed by atoms with E-state index >= 15 is 0 Å². The SMILES string of the molecule is Cc1nn(CC(F)(F)F)c(C)c1NC(=O)Nc1ccc(F)c(Cl)c1. The van der Waals surface area contributed by atoms with Crippen molar-refractivity contribution in [2.75, 3.05) is 10.6 Å². The largest absolute Gasteiger partial charge is 0.408 e. The van der Waals surface area contributed by atoms with Gasteiger partial charge in [0.05, 0.1) is 22.1 Å². The predicted octanol–water partition coefficient (Wildman–Crippen LogP) is 4.50. The second kappa shape index (κ2) is 6.68. The van der Waals surface area contributed by atoms with Gasteiger partial charge in [0.25, 0.3) is 0 Å². The van der Waals surface area contributed by atoms with Gasteiger partial charge in [0.1, 0.15) is 12.4 Å². The lowest BCUT2D eigenvalue weighted by molar-refractivity contribution is -0.142. The first-order valence-electron chi connectivity index (χ1n) is 6.70. The van der Waals surface area contributed by atoms with Crippen molar-refractivity contribution in [2.45, 2.75) is 26.6 Å². The first kappa shape index (κ1) is 18.1. The van der Waals surface area contributed by atoms with E-state index in [-0.39, 0.29) is 27.8 Å². The summed E-state index contributed by atoms with van der Waals surface area (Å²) in [6.45, 7) is 1.64. The average molecular weight is 365 g/mol. The molecule has 0 spiro atoms. The molecule has 2 amide bonds. The fourth-order valence-corrected chi connectivity index (χ4v) is 2.23. The highest BCUT2D eigenvalue weighted by molar-refractivity contribution is 6.31. The van der Waals surface area contributed by atoms with Gasteiger partial charge in [-0.2, -0.15) is 18.3 Å². The van der Waals surface area contributed by atoms with E-state index < -0.39 is 24.6 Å². The summed E-state index contributed by atoms with van der Waals surface area (Å²) >= 11 is 5.61. The Labute approximate surface area is 139 Å². The molecule has 0 aliphatic rings. The van der Waals surface area contributed by atoms with Gasteiger partial charge in [-0.3, -0.25) is 4.68 Å². The summed E-state index contributed by atoms with van der Waals surface area (Å²) in [6, 6.07) is 2.88. The minimum Gasteiger partial charge on any atom is -0.308 e. The Morgan fingerprint density at radius 3 is 2.54 bits per heavy atom. The van der Waals surface area contributed by atoms with Gasteiger partial charge in [-0.1, -0.05) is 11.6 Å². The van der Waals surface area contributed by atoms with E-state index in [1.165, 1.54) is 26.0 Å². The summed E-state index contributed by atoms with van der Waals surface area (Å²) in [5.41, 5.74) is 0.808. The highest BCUT2D eigenvalue weighted by Gasteiger charge is 2.30. The number of amides is 2. The van der Waals surface area contributed by atoms with Crippen molar-refractivity contribution in [3.05, 3.63) is 40.4 Å². The van der Waals surface area contributed by atoms with Crippen LogP contribution in [0.3, 0.4) is 0 Å². The van der Waals surface area contributed by atoms with Crippen LogP contribution in [0.5, 0.6) is 0 Å². The normalized spacial score (nSPS) is 11.5. The fraction of sp³-hybridized carbons (Fsp3) is 0.286. The van der Waals surface area contributed by atoms with Crippen LogP contribution in [0.15, 0.2) is 18.2 Å². The van der Waals surface area contributed by atoms with Crippen molar-refractivity contribution in [3.8, 4) is 0 Å². The Hall–Kier alpha value is -2.29. The van der Waals surface area contributed by atoms with Crippen LogP contribution in [0.25, 0.3) is 0 Å². The molecule has 0 saturated carbocycles. The van der Waals surface area contributed by atoms with E-state index in [2.05, 4.69) is 15.7 Å². The third-order valence-electron chi connectivity index (χ3n) is 3.13. The summed E-state index contributed by atoms with van der Waals surface area (Å²) in [5, 5.41) is 8.44. The topological polar surface area (TPSA) is 59.0 Å². The van der Waals surface area contributed by atoms with Gasteiger partial charge in [0, 0.05) is 5.69 Å². The number of carbonyl (C=O) groups is 1. The van der Waals surface area contributed by atoms with E-state index in [0.717, 1.165) is 10.7 Å². The Morgan fingerprint density at radius 1 is 1.29 bits per heavy atom. The van der Waals surface area contributed by atoms with E-state index in [9.17, 15) is 22.4 Å². The van der Waals surface area contributed by atoms with E-state index in [1.54, 1.807) is 0 Å². The van der Waals surface area contributed by atoms with Crippen LogP contribution in [0.4, 0.5) is 33.7 Å². The Balaban J connectivity index is 2.12. The second-order valence-electron chi connectivity index (χ2n) is 5.03. The number of aromatic nitrogens is 2. The van der Waals surface area contributed by atoms with Crippen LogP contribution >= 0.6 is 11.6 Å². The molecule has 5 nitrogen and oxygen atoms in total. The molecule has 1 aromatic carbocycles. The maximum atomic E-state index is 13.1. The summed E-state index contributed by atoms with van der Waals surface area (Å²) in [6.07, 6.45) is -4.42. The van der Waals surface area contributed by atoms with Crippen molar-refractivity contribution >= 4 is 29.0 Å². The van der Waals surface area contributed by atoms with Gasteiger partial charge < -0.3 is 10.6 Å². The summed E-state index contributed by atoms with van der Waals surface area (Å²) in [7, 11) is 0. The van der Waals surface area contributed by atoms with E-state index in [4.69, 9.17) is 11.6 Å². The number of nitrogens with one attached hydrogen (secondary N) is 2. The van der Waals surface area contributed by atoms with Crippen LogP contribution in [0.1, 0.15) is 11.4 Å². The number of hydrogen-bond acceptors (Lipinski definition) is 2. The summed E-state index contributed by atoms with van der Waals surface area (Å²) in [4.78, 5) is 12.0. The molecule has 1 heterocycles. The quantitative estimate of drug-likeness (QED) is 0.788. The van der Waals surface area contributed by atoms with Gasteiger partial charge >= 0.3 is 12.2 Å². The number of aryl methyl sites for hydroxylation is 1. The van der Waals surface area contributed by atoms with E-state index in [1.807, 2.05) is 0 Å². The van der Waals surface area contributed by atoms with Crippen LogP contribution in [-0.2, 0) is 6.54 Å². The lowest BCUT2D eigenvalue weighted by atomic mass is 10.3. The molecule has 10 heteroatoms. The van der Waals surface area contributed by atoms with Gasteiger partial charge in [0.15, 0.2) is 0 Å². The minimum absolute atomic E-state index is 0.164. The van der Waals surface area contributed by atoms with Crippen LogP contribution in [0.2, 0.25) is 5.02 Å². The third-order valence-corrected chi connectivity index (χ3v) is 3.42. The molecule has 0 aliphatic carbocycles. The lowest BCUT2D eigenvalue weighted by Crippen LogP contribution is -2.21. The Bertz CT molecular complexity index is 773. The number of anilines is 2. The van der Waals surface area contributed by atoms with Crippen LogP contribution < -0.4 is 10.6 Å². The zero-order valence-corrected chi connectivity index (χ0v) is 13.4. The number of alkyl halides is 3. The molecule has 0 aliphatic heterocycles. The molecule has 130 valence electrons. The molecule has 2 rings (SSSR count). The Kier molecular flexibility index (Phi) is 5.02. The lowest BCUT2D eigenvalue weighted by Gasteiger charge is -2.10. The molecular formula is C14H13ClF4N4O. The Morgan fingerprint density at radius 2 is 1.96 bits per heavy atom. The zero-order valence-electron chi connectivity index (χ0n) is 12.6. The van der Waals surface area contributed by atoms with Crippen LogP contribution in [0, 0.1) is 19.7 Å². The molecule has 2 N–H and O–H groups in total. The fourth-order valence-electron chi connectivity index (χ4n) is 2.05. The average Bonchev–Trinajstić information content (AvgIpc) is 2.69. The number of carbonyl (C=O) groups excluding carboxylic acids is 1. The number of benzene rings is 1. The molecule has 0 bridgehead atoms. The molecule has 0 fully saturated rings. The van der Waals surface area contributed by atoms with Gasteiger partial charge in [-0.25, -0.2) is 9.18 Å². The monoisotopic (exact) mass is 364 g/mol. The first-order chi connectivity index (χ1) is 11.1. The predicted molar refractivity (Wildman–Crippen MR) is 81.8 cm³/mol. The molecule has 0 radical (unpaired) electrons. The van der Waals surface area contributed by atoms with Crippen molar-refractivity contribution in [3.63, 3.8) is 0 Å². The number of rotatable bonds is 3. The first-order valence-corrected chi connectivity index (χ1v) is 7.08. The maximum Gasteiger partial charge on any atom is 0.408 e. The third kappa shape index (κ3) is 4.38. The van der Waals surface area contributed by atoms with E-state index in [0.29, 0.717) is 0 Å². The number of halogens is 5. The molecule has 0 unspecified atom stereocenters. The number of nitrogens with zero attached hydrogens (tertiary/aromatic N) is 2. The highest BCUT2D eigenvalue weighted by Crippen LogP contribution is 2.25. The van der Waals surface area contributed by atoms with Gasteiger partial charge in [0.2, 0.25) is 0 Å². The van der Waals surface area contributed by atoms with Crippen molar-refractivity contribution in [1.82, 2.24) is 9.78 Å². The van der Waals surface area contributed by atoms with Crippen molar-refractivity contribution in [2.24, 2.45) is 0 Å². The molecule has 0 saturated heterocycles. The highest BCUT2D eigenvalue weighted by atomic mass is 35.5. The smallest absolute Gasteiger partial charge is 0.308 e. The van der Waals surface area contributed by atoms with Gasteiger partial charge in [-0.05, 0) is 32.0 Å². The second-order valence-corrected chi connectivity index (χ2v) is 5.43.